The van der Waals surface area contributed by atoms with Gasteiger partial charge < -0.3 is 5.32 Å². The number of sulfonamides is 1. The van der Waals surface area contributed by atoms with Crippen molar-refractivity contribution >= 4 is 15.9 Å². The molecule has 1 aliphatic rings. The first-order chi connectivity index (χ1) is 13.0. The van der Waals surface area contributed by atoms with E-state index >= 15 is 0 Å². The Morgan fingerprint density at radius 2 is 1.78 bits per heavy atom. The predicted molar refractivity (Wildman–Crippen MR) is 109 cm³/mol. The van der Waals surface area contributed by atoms with Gasteiger partial charge >= 0.3 is 0 Å². The summed E-state index contributed by atoms with van der Waals surface area (Å²) in [6.07, 6.45) is 9.17. The number of hydrogen-bond donors (Lipinski definition) is 1. The molecule has 0 radical (unpaired) electrons. The Bertz CT molecular complexity index is 735. The zero-order valence-corrected chi connectivity index (χ0v) is 17.4. The normalized spacial score (nSPS) is 14.9. The molecule has 1 amide bonds. The largest absolute Gasteiger partial charge is 0.356 e. The fourth-order valence-corrected chi connectivity index (χ4v) is 4.84. The van der Waals surface area contributed by atoms with E-state index in [4.69, 9.17) is 0 Å². The van der Waals surface area contributed by atoms with E-state index in [1.165, 1.54) is 35.6 Å². The Hall–Kier alpha value is -1.66. The van der Waals surface area contributed by atoms with Crippen LogP contribution in [-0.4, -0.2) is 38.3 Å². The quantitative estimate of drug-likeness (QED) is 0.618. The van der Waals surface area contributed by atoms with Crippen LogP contribution in [-0.2, 0) is 21.2 Å². The molecular weight excluding hydrogens is 360 g/mol. The van der Waals surface area contributed by atoms with Gasteiger partial charge in [-0.25, -0.2) is 8.42 Å². The van der Waals surface area contributed by atoms with Gasteiger partial charge in [-0.3, -0.25) is 4.79 Å². The van der Waals surface area contributed by atoms with Crippen LogP contribution in [0, 0.1) is 0 Å². The van der Waals surface area contributed by atoms with Crippen LogP contribution in [0.4, 0.5) is 0 Å². The van der Waals surface area contributed by atoms with E-state index in [9.17, 15) is 13.2 Å². The number of amides is 1. The van der Waals surface area contributed by atoms with Gasteiger partial charge in [0, 0.05) is 26.1 Å². The highest BCUT2D eigenvalue weighted by Crippen LogP contribution is 2.19. The van der Waals surface area contributed by atoms with Crippen LogP contribution in [0.5, 0.6) is 0 Å². The molecule has 0 atom stereocenters. The van der Waals surface area contributed by atoms with Gasteiger partial charge in [0.15, 0.2) is 0 Å². The molecule has 0 aromatic heterocycles. The summed E-state index contributed by atoms with van der Waals surface area (Å²) >= 11 is 0. The number of aryl methyl sites for hydroxylation is 1. The van der Waals surface area contributed by atoms with Crippen molar-refractivity contribution in [3.8, 4) is 0 Å². The van der Waals surface area contributed by atoms with Crippen molar-refractivity contribution in [2.75, 3.05) is 19.6 Å². The molecule has 1 aliphatic carbocycles. The highest BCUT2D eigenvalue weighted by Gasteiger charge is 2.21. The Balaban J connectivity index is 1.79. The fraction of sp³-hybridized carbons (Fsp3) is 0.571. The van der Waals surface area contributed by atoms with Crippen molar-refractivity contribution in [2.24, 2.45) is 0 Å². The number of carbonyl (C=O) groups is 1. The predicted octanol–water partition coefficient (Wildman–Crippen LogP) is 3.66. The van der Waals surface area contributed by atoms with Crippen molar-refractivity contribution in [1.82, 2.24) is 9.62 Å². The number of carbonyl (C=O) groups excluding carboxylic acids is 1. The smallest absolute Gasteiger partial charge is 0.243 e. The molecule has 1 aromatic carbocycles. The average Bonchev–Trinajstić information content (AvgIpc) is 2.68. The van der Waals surface area contributed by atoms with Crippen LogP contribution in [0.25, 0.3) is 0 Å². The minimum absolute atomic E-state index is 0.0475. The van der Waals surface area contributed by atoms with Gasteiger partial charge in [-0.2, -0.15) is 4.31 Å². The first kappa shape index (κ1) is 21.6. The van der Waals surface area contributed by atoms with Crippen molar-refractivity contribution in [2.45, 2.75) is 63.7 Å². The number of nitrogens with zero attached hydrogens (tertiary/aromatic N) is 1. The SMILES string of the molecule is CCN(CC)S(=O)(=O)c1ccc(CCC(=O)NCCC2=CCCCC2)cc1. The number of allylic oxidation sites excluding steroid dienone is 1. The summed E-state index contributed by atoms with van der Waals surface area (Å²) in [7, 11) is -3.42. The fourth-order valence-electron chi connectivity index (χ4n) is 3.38. The molecule has 2 rings (SSSR count). The Kier molecular flexibility index (Phi) is 8.51. The summed E-state index contributed by atoms with van der Waals surface area (Å²) in [4.78, 5) is 12.3. The maximum absolute atomic E-state index is 12.5. The van der Waals surface area contributed by atoms with Crippen LogP contribution in [0.2, 0.25) is 0 Å². The molecule has 0 aliphatic heterocycles. The molecule has 0 saturated carbocycles. The molecule has 27 heavy (non-hydrogen) atoms. The zero-order chi connectivity index (χ0) is 19.7. The van der Waals surface area contributed by atoms with Crippen LogP contribution in [0.15, 0.2) is 40.8 Å². The second-order valence-electron chi connectivity index (χ2n) is 6.94. The standard InChI is InChI=1S/C21H32N2O3S/c1-3-23(4-2)27(25,26)20-13-10-19(11-14-20)12-15-21(24)22-17-16-18-8-6-5-7-9-18/h8,10-11,13-14H,3-7,9,12,15-17H2,1-2H3,(H,22,24). The average molecular weight is 393 g/mol. The van der Waals surface area contributed by atoms with Crippen LogP contribution in [0.3, 0.4) is 0 Å². The molecule has 0 saturated heterocycles. The first-order valence-electron chi connectivity index (χ1n) is 10.0. The summed E-state index contributed by atoms with van der Waals surface area (Å²) in [6.45, 7) is 5.28. The molecule has 0 spiro atoms. The van der Waals surface area contributed by atoms with E-state index in [0.717, 1.165) is 12.0 Å². The number of rotatable bonds is 10. The molecule has 0 unspecified atom stereocenters. The topological polar surface area (TPSA) is 66.5 Å². The number of nitrogens with one attached hydrogen (secondary N) is 1. The lowest BCUT2D eigenvalue weighted by Gasteiger charge is -2.18. The third kappa shape index (κ3) is 6.47. The first-order valence-corrected chi connectivity index (χ1v) is 11.4. The Labute approximate surface area is 163 Å². The second kappa shape index (κ2) is 10.6. The summed E-state index contributed by atoms with van der Waals surface area (Å²) in [5.41, 5.74) is 2.44. The summed E-state index contributed by atoms with van der Waals surface area (Å²) in [5, 5.41) is 2.98. The van der Waals surface area contributed by atoms with Crippen LogP contribution in [0.1, 0.15) is 57.9 Å². The van der Waals surface area contributed by atoms with E-state index in [1.54, 1.807) is 24.3 Å². The molecule has 0 bridgehead atoms. The minimum Gasteiger partial charge on any atom is -0.356 e. The van der Waals surface area contributed by atoms with E-state index in [1.807, 2.05) is 13.8 Å². The van der Waals surface area contributed by atoms with E-state index in [0.29, 0.717) is 37.4 Å². The van der Waals surface area contributed by atoms with Gasteiger partial charge in [-0.1, -0.05) is 37.6 Å². The van der Waals surface area contributed by atoms with Crippen LogP contribution < -0.4 is 5.32 Å². The maximum Gasteiger partial charge on any atom is 0.243 e. The molecular formula is C21H32N2O3S. The number of benzene rings is 1. The zero-order valence-electron chi connectivity index (χ0n) is 16.5. The monoisotopic (exact) mass is 392 g/mol. The Morgan fingerprint density at radius 1 is 1.07 bits per heavy atom. The van der Waals surface area contributed by atoms with Gasteiger partial charge in [0.05, 0.1) is 4.90 Å². The van der Waals surface area contributed by atoms with E-state index < -0.39 is 10.0 Å². The van der Waals surface area contributed by atoms with E-state index in [-0.39, 0.29) is 5.91 Å². The van der Waals surface area contributed by atoms with Gasteiger partial charge in [-0.15, -0.1) is 0 Å². The molecule has 1 aromatic rings. The van der Waals surface area contributed by atoms with Gasteiger partial charge in [0.2, 0.25) is 15.9 Å². The summed E-state index contributed by atoms with van der Waals surface area (Å²) in [6, 6.07) is 6.87. The van der Waals surface area contributed by atoms with Crippen molar-refractivity contribution in [3.63, 3.8) is 0 Å². The second-order valence-corrected chi connectivity index (χ2v) is 8.88. The third-order valence-corrected chi connectivity index (χ3v) is 7.12. The highest BCUT2D eigenvalue weighted by atomic mass is 32.2. The lowest BCUT2D eigenvalue weighted by molar-refractivity contribution is -0.121. The molecule has 0 heterocycles. The molecule has 5 nitrogen and oxygen atoms in total. The lowest BCUT2D eigenvalue weighted by Crippen LogP contribution is -2.30. The Morgan fingerprint density at radius 3 is 2.37 bits per heavy atom. The maximum atomic E-state index is 12.5. The van der Waals surface area contributed by atoms with Crippen molar-refractivity contribution < 1.29 is 13.2 Å². The molecule has 6 heteroatoms. The third-order valence-electron chi connectivity index (χ3n) is 5.06. The number of hydrogen-bond acceptors (Lipinski definition) is 3. The van der Waals surface area contributed by atoms with Crippen molar-refractivity contribution in [1.29, 1.82) is 0 Å². The summed E-state index contributed by atoms with van der Waals surface area (Å²) < 4.78 is 26.4. The molecule has 1 N–H and O–H groups in total. The van der Waals surface area contributed by atoms with Gasteiger partial charge in [0.1, 0.15) is 0 Å². The van der Waals surface area contributed by atoms with Crippen molar-refractivity contribution in [3.05, 3.63) is 41.5 Å². The molecule has 150 valence electrons. The lowest BCUT2D eigenvalue weighted by atomic mass is 9.97. The van der Waals surface area contributed by atoms with E-state index in [2.05, 4.69) is 11.4 Å². The summed E-state index contributed by atoms with van der Waals surface area (Å²) in [5.74, 6) is 0.0475. The van der Waals surface area contributed by atoms with Gasteiger partial charge in [-0.05, 0) is 56.2 Å². The van der Waals surface area contributed by atoms with Crippen LogP contribution >= 0.6 is 0 Å². The minimum atomic E-state index is -3.42. The molecule has 0 fully saturated rings. The highest BCUT2D eigenvalue weighted by molar-refractivity contribution is 7.89. The van der Waals surface area contributed by atoms with Gasteiger partial charge in [0.25, 0.3) is 0 Å².